The number of rotatable bonds is 6. The molecule has 0 radical (unpaired) electrons. The van der Waals surface area contributed by atoms with Crippen LogP contribution in [-0.4, -0.2) is 52.7 Å². The van der Waals surface area contributed by atoms with Gasteiger partial charge in [0.05, 0.1) is 5.92 Å². The SMILES string of the molecule is CN(C(=O)c1csc(NC(=O)OCC2c3ccccc3-c3ccccc32)n1)C1CC(C(=O)O)C1. The highest BCUT2D eigenvalue weighted by molar-refractivity contribution is 7.14. The van der Waals surface area contributed by atoms with Gasteiger partial charge >= 0.3 is 12.1 Å². The summed E-state index contributed by atoms with van der Waals surface area (Å²) in [6.07, 6.45) is 0.242. The molecule has 0 spiro atoms. The fraction of sp³-hybridized carbons (Fsp3) is 0.280. The molecule has 1 fully saturated rings. The lowest BCUT2D eigenvalue weighted by Crippen LogP contribution is -2.47. The van der Waals surface area contributed by atoms with Crippen LogP contribution in [0.2, 0.25) is 0 Å². The minimum absolute atomic E-state index is 0.0441. The molecule has 1 aromatic heterocycles. The molecule has 5 rings (SSSR count). The molecule has 0 aliphatic heterocycles. The van der Waals surface area contributed by atoms with Crippen molar-refractivity contribution >= 4 is 34.4 Å². The average Bonchev–Trinajstić information content (AvgIpc) is 3.38. The Kier molecular flexibility index (Phi) is 5.79. The van der Waals surface area contributed by atoms with E-state index < -0.39 is 18.0 Å². The Hall–Kier alpha value is -3.72. The number of amides is 2. The highest BCUT2D eigenvalue weighted by Gasteiger charge is 2.39. The second-order valence-electron chi connectivity index (χ2n) is 8.56. The number of ether oxygens (including phenoxy) is 1. The Morgan fingerprint density at radius 1 is 1.09 bits per heavy atom. The fourth-order valence-corrected chi connectivity index (χ4v) is 5.27. The van der Waals surface area contributed by atoms with Gasteiger partial charge in [0.25, 0.3) is 5.91 Å². The summed E-state index contributed by atoms with van der Waals surface area (Å²) in [4.78, 5) is 41.8. The third kappa shape index (κ3) is 4.03. The van der Waals surface area contributed by atoms with Crippen LogP contribution in [0.1, 0.15) is 40.4 Å². The number of anilines is 1. The third-order valence-electron chi connectivity index (χ3n) is 6.61. The monoisotopic (exact) mass is 477 g/mol. The zero-order chi connectivity index (χ0) is 23.8. The van der Waals surface area contributed by atoms with Crippen LogP contribution in [0.3, 0.4) is 0 Å². The van der Waals surface area contributed by atoms with E-state index in [1.54, 1.807) is 12.4 Å². The van der Waals surface area contributed by atoms with Crippen LogP contribution in [0.5, 0.6) is 0 Å². The topological polar surface area (TPSA) is 109 Å². The summed E-state index contributed by atoms with van der Waals surface area (Å²) < 4.78 is 5.53. The number of carbonyl (C=O) groups excluding carboxylic acids is 2. The molecule has 34 heavy (non-hydrogen) atoms. The number of nitrogens with one attached hydrogen (secondary N) is 1. The van der Waals surface area contributed by atoms with E-state index in [4.69, 9.17) is 9.84 Å². The minimum Gasteiger partial charge on any atom is -0.481 e. The first-order valence-electron chi connectivity index (χ1n) is 11.0. The molecule has 2 aliphatic rings. The van der Waals surface area contributed by atoms with E-state index in [1.165, 1.54) is 4.90 Å². The summed E-state index contributed by atoms with van der Waals surface area (Å²) in [5.74, 6) is -1.58. The first-order chi connectivity index (χ1) is 16.4. The number of fused-ring (bicyclic) bond motifs is 3. The average molecular weight is 478 g/mol. The molecular formula is C25H23N3O5S. The Labute approximate surface area is 200 Å². The number of hydrogen-bond donors (Lipinski definition) is 2. The number of thiazole rings is 1. The molecule has 3 aromatic rings. The smallest absolute Gasteiger partial charge is 0.413 e. The fourth-order valence-electron chi connectivity index (χ4n) is 4.60. The van der Waals surface area contributed by atoms with Gasteiger partial charge in [-0.1, -0.05) is 48.5 Å². The molecule has 174 valence electrons. The van der Waals surface area contributed by atoms with Crippen LogP contribution in [0.25, 0.3) is 11.1 Å². The van der Waals surface area contributed by atoms with Crippen molar-refractivity contribution in [1.29, 1.82) is 0 Å². The van der Waals surface area contributed by atoms with Crippen LogP contribution in [0.4, 0.5) is 9.93 Å². The van der Waals surface area contributed by atoms with Crippen molar-refractivity contribution in [3.63, 3.8) is 0 Å². The second-order valence-corrected chi connectivity index (χ2v) is 9.42. The first-order valence-corrected chi connectivity index (χ1v) is 11.9. The van der Waals surface area contributed by atoms with Gasteiger partial charge in [-0.05, 0) is 35.1 Å². The molecule has 0 bridgehead atoms. The molecule has 2 aromatic carbocycles. The van der Waals surface area contributed by atoms with Crippen molar-refractivity contribution in [2.24, 2.45) is 5.92 Å². The number of carboxylic acid groups (broad SMARTS) is 1. The van der Waals surface area contributed by atoms with Gasteiger partial charge in [0.15, 0.2) is 5.13 Å². The summed E-state index contributed by atoms with van der Waals surface area (Å²) in [5.41, 5.74) is 4.77. The predicted octanol–water partition coefficient (Wildman–Crippen LogP) is 4.44. The standard InChI is InChI=1S/C25H23N3O5S/c1-28(15-10-14(11-15)23(30)31)22(29)21-13-34-24(26-21)27-25(32)33-12-20-18-8-4-2-6-16(18)17-7-3-5-9-19(17)20/h2-9,13-15,20H,10-12H2,1H3,(H,30,31)(H,26,27,32). The summed E-state index contributed by atoms with van der Waals surface area (Å²) in [5, 5.41) is 13.5. The molecule has 0 unspecified atom stereocenters. The number of nitrogens with zero attached hydrogens (tertiary/aromatic N) is 2. The lowest BCUT2D eigenvalue weighted by molar-refractivity contribution is -0.146. The highest BCUT2D eigenvalue weighted by atomic mass is 32.1. The van der Waals surface area contributed by atoms with Crippen molar-refractivity contribution in [3.05, 3.63) is 70.7 Å². The summed E-state index contributed by atoms with van der Waals surface area (Å²) in [6.45, 7) is 0.187. The zero-order valence-electron chi connectivity index (χ0n) is 18.4. The largest absolute Gasteiger partial charge is 0.481 e. The predicted molar refractivity (Wildman–Crippen MR) is 127 cm³/mol. The molecule has 2 aliphatic carbocycles. The first kappa shape index (κ1) is 22.1. The highest BCUT2D eigenvalue weighted by Crippen LogP contribution is 2.44. The Morgan fingerprint density at radius 3 is 2.32 bits per heavy atom. The van der Waals surface area contributed by atoms with E-state index in [0.29, 0.717) is 12.8 Å². The Morgan fingerprint density at radius 2 is 1.71 bits per heavy atom. The lowest BCUT2D eigenvalue weighted by Gasteiger charge is -2.38. The van der Waals surface area contributed by atoms with Gasteiger partial charge in [0, 0.05) is 24.4 Å². The van der Waals surface area contributed by atoms with Crippen molar-refractivity contribution in [3.8, 4) is 11.1 Å². The minimum atomic E-state index is -0.833. The number of benzene rings is 2. The van der Waals surface area contributed by atoms with Crippen molar-refractivity contribution in [1.82, 2.24) is 9.88 Å². The van der Waals surface area contributed by atoms with E-state index >= 15 is 0 Å². The zero-order valence-corrected chi connectivity index (χ0v) is 19.2. The van der Waals surface area contributed by atoms with Crippen molar-refractivity contribution in [2.75, 3.05) is 19.0 Å². The van der Waals surface area contributed by atoms with E-state index in [0.717, 1.165) is 33.6 Å². The van der Waals surface area contributed by atoms with Gasteiger partial charge in [-0.25, -0.2) is 9.78 Å². The normalized spacial score (nSPS) is 18.4. The third-order valence-corrected chi connectivity index (χ3v) is 7.36. The maximum atomic E-state index is 12.7. The number of aliphatic carboxylic acids is 1. The van der Waals surface area contributed by atoms with E-state index in [9.17, 15) is 14.4 Å². The molecule has 2 amide bonds. The Balaban J connectivity index is 1.18. The quantitative estimate of drug-likeness (QED) is 0.543. The molecule has 0 atom stereocenters. The molecule has 1 saturated carbocycles. The van der Waals surface area contributed by atoms with Gasteiger partial charge in [-0.3, -0.25) is 14.9 Å². The number of carboxylic acids is 1. The number of hydrogen-bond acceptors (Lipinski definition) is 6. The van der Waals surface area contributed by atoms with Gasteiger partial charge in [0.2, 0.25) is 0 Å². The van der Waals surface area contributed by atoms with Crippen LogP contribution < -0.4 is 5.32 Å². The van der Waals surface area contributed by atoms with Gasteiger partial charge in [-0.2, -0.15) is 0 Å². The number of carbonyl (C=O) groups is 3. The number of aromatic nitrogens is 1. The van der Waals surface area contributed by atoms with Crippen LogP contribution in [0.15, 0.2) is 53.9 Å². The molecule has 8 nitrogen and oxygen atoms in total. The summed E-state index contributed by atoms with van der Waals surface area (Å²) >= 11 is 1.14. The molecule has 9 heteroatoms. The molecular weight excluding hydrogens is 454 g/mol. The summed E-state index contributed by atoms with van der Waals surface area (Å²) in [6, 6.07) is 16.1. The molecule has 0 saturated heterocycles. The molecule has 2 N–H and O–H groups in total. The Bertz CT molecular complexity index is 1220. The van der Waals surface area contributed by atoms with Crippen LogP contribution in [-0.2, 0) is 9.53 Å². The summed E-state index contributed by atoms with van der Waals surface area (Å²) in [7, 11) is 1.64. The van der Waals surface area contributed by atoms with Crippen LogP contribution >= 0.6 is 11.3 Å². The van der Waals surface area contributed by atoms with E-state index in [-0.39, 0.29) is 35.3 Å². The van der Waals surface area contributed by atoms with Gasteiger partial charge in [0.1, 0.15) is 12.3 Å². The maximum absolute atomic E-state index is 12.7. The van der Waals surface area contributed by atoms with Crippen molar-refractivity contribution in [2.45, 2.75) is 24.8 Å². The van der Waals surface area contributed by atoms with E-state index in [2.05, 4.69) is 34.6 Å². The second kappa shape index (κ2) is 8.90. The molecule has 1 heterocycles. The lowest BCUT2D eigenvalue weighted by atomic mass is 9.79. The van der Waals surface area contributed by atoms with Crippen molar-refractivity contribution < 1.29 is 24.2 Å². The van der Waals surface area contributed by atoms with E-state index in [1.807, 2.05) is 24.3 Å². The van der Waals surface area contributed by atoms with Gasteiger partial charge < -0.3 is 14.7 Å². The van der Waals surface area contributed by atoms with Gasteiger partial charge in [-0.15, -0.1) is 11.3 Å². The maximum Gasteiger partial charge on any atom is 0.413 e. The van der Waals surface area contributed by atoms with Crippen LogP contribution in [0, 0.1) is 5.92 Å².